The van der Waals surface area contributed by atoms with E-state index in [0.717, 1.165) is 0 Å². The number of cyclic esters (lactones) is 2. The van der Waals surface area contributed by atoms with Gasteiger partial charge in [0.05, 0.1) is 5.57 Å². The fourth-order valence-corrected chi connectivity index (χ4v) is 0.856. The normalized spacial score (nSPS) is 16.7. The van der Waals surface area contributed by atoms with Crippen molar-refractivity contribution in [1.29, 1.82) is 5.26 Å². The van der Waals surface area contributed by atoms with Gasteiger partial charge >= 0.3 is 11.9 Å². The molecule has 0 bridgehead atoms. The van der Waals surface area contributed by atoms with Gasteiger partial charge in [0.1, 0.15) is 11.6 Å². The molecule has 1 heterocycles. The van der Waals surface area contributed by atoms with Crippen molar-refractivity contribution in [2.45, 2.75) is 13.3 Å². The highest BCUT2D eigenvalue weighted by Crippen LogP contribution is 2.18. The topological polar surface area (TPSA) is 67.2 Å². The van der Waals surface area contributed by atoms with Crippen molar-refractivity contribution in [2.24, 2.45) is 0 Å². The van der Waals surface area contributed by atoms with E-state index in [1.807, 2.05) is 0 Å². The summed E-state index contributed by atoms with van der Waals surface area (Å²) in [5, 5.41) is 8.39. The molecule has 0 amide bonds. The molecule has 0 saturated heterocycles. The number of rotatable bonds is 1. The van der Waals surface area contributed by atoms with Crippen LogP contribution in [-0.2, 0) is 14.3 Å². The number of nitrogens with zero attached hydrogens (tertiary/aromatic N) is 1. The third kappa shape index (κ3) is 1.01. The van der Waals surface area contributed by atoms with Crippen LogP contribution in [0.25, 0.3) is 0 Å². The van der Waals surface area contributed by atoms with Gasteiger partial charge in [0.2, 0.25) is 0 Å². The quantitative estimate of drug-likeness (QED) is 0.399. The van der Waals surface area contributed by atoms with E-state index in [4.69, 9.17) is 5.26 Å². The highest BCUT2D eigenvalue weighted by molar-refractivity contribution is 6.14. The summed E-state index contributed by atoms with van der Waals surface area (Å²) < 4.78 is 4.19. The second-order valence-corrected chi connectivity index (χ2v) is 2.00. The van der Waals surface area contributed by atoms with Gasteiger partial charge in [0.15, 0.2) is 0 Å². The van der Waals surface area contributed by atoms with Gasteiger partial charge in [-0.1, -0.05) is 6.92 Å². The first-order valence-corrected chi connectivity index (χ1v) is 3.10. The molecule has 0 aliphatic carbocycles. The van der Waals surface area contributed by atoms with Crippen molar-refractivity contribution in [3.05, 3.63) is 11.1 Å². The van der Waals surface area contributed by atoms with Crippen LogP contribution in [-0.4, -0.2) is 11.9 Å². The molecule has 0 fully saturated rings. The van der Waals surface area contributed by atoms with Gasteiger partial charge in [0, 0.05) is 0 Å². The number of hydrogen-bond acceptors (Lipinski definition) is 4. The van der Waals surface area contributed by atoms with Crippen LogP contribution in [0.1, 0.15) is 13.3 Å². The van der Waals surface area contributed by atoms with Crippen LogP contribution in [0.2, 0.25) is 0 Å². The highest BCUT2D eigenvalue weighted by atomic mass is 16.6. The van der Waals surface area contributed by atoms with Crippen LogP contribution in [0.5, 0.6) is 0 Å². The van der Waals surface area contributed by atoms with Gasteiger partial charge in [-0.15, -0.1) is 0 Å². The number of hydrogen-bond donors (Lipinski definition) is 0. The highest BCUT2D eigenvalue weighted by Gasteiger charge is 2.31. The van der Waals surface area contributed by atoms with Gasteiger partial charge in [-0.2, -0.15) is 5.26 Å². The molecule has 0 saturated carbocycles. The Morgan fingerprint density at radius 2 is 2.09 bits per heavy atom. The first-order chi connectivity index (χ1) is 5.20. The Hall–Kier alpha value is -1.63. The first kappa shape index (κ1) is 7.48. The van der Waals surface area contributed by atoms with Crippen molar-refractivity contribution >= 4 is 11.9 Å². The smallest absolute Gasteiger partial charge is 0.357 e. The average Bonchev–Trinajstić information content (AvgIpc) is 2.24. The van der Waals surface area contributed by atoms with E-state index < -0.39 is 11.9 Å². The number of carbonyl (C=O) groups excluding carboxylic acids is 2. The molecular formula is C7H5NO3. The Morgan fingerprint density at radius 1 is 1.45 bits per heavy atom. The predicted molar refractivity (Wildman–Crippen MR) is 34.0 cm³/mol. The summed E-state index contributed by atoms with van der Waals surface area (Å²) in [5.41, 5.74) is 0.0231. The van der Waals surface area contributed by atoms with Crippen molar-refractivity contribution in [3.8, 4) is 6.07 Å². The minimum Gasteiger partial charge on any atom is -0.385 e. The van der Waals surface area contributed by atoms with E-state index in [2.05, 4.69) is 4.74 Å². The summed E-state index contributed by atoms with van der Waals surface area (Å²) in [7, 11) is 0. The summed E-state index contributed by atoms with van der Waals surface area (Å²) in [5.74, 6) is -1.51. The molecule has 0 aromatic carbocycles. The monoisotopic (exact) mass is 151 g/mol. The zero-order chi connectivity index (χ0) is 8.43. The standard InChI is InChI=1S/C7H5NO3/c1-2-4-5(3-8)7(10)11-6(4)9/h2H2,1H3. The Balaban J connectivity index is 3.15. The maximum absolute atomic E-state index is 10.7. The fraction of sp³-hybridized carbons (Fsp3) is 0.286. The maximum Gasteiger partial charge on any atom is 0.357 e. The molecule has 0 radical (unpaired) electrons. The number of esters is 2. The van der Waals surface area contributed by atoms with Gasteiger partial charge in [-0.3, -0.25) is 0 Å². The fourth-order valence-electron chi connectivity index (χ4n) is 0.856. The van der Waals surface area contributed by atoms with Crippen molar-refractivity contribution in [2.75, 3.05) is 0 Å². The molecule has 1 aliphatic heterocycles. The zero-order valence-corrected chi connectivity index (χ0v) is 5.88. The van der Waals surface area contributed by atoms with E-state index in [1.54, 1.807) is 13.0 Å². The molecule has 0 aromatic heterocycles. The number of nitriles is 1. The third-order valence-corrected chi connectivity index (χ3v) is 1.40. The third-order valence-electron chi connectivity index (χ3n) is 1.40. The van der Waals surface area contributed by atoms with Gasteiger partial charge in [0.25, 0.3) is 0 Å². The first-order valence-electron chi connectivity index (χ1n) is 3.10. The minimum absolute atomic E-state index is 0.155. The summed E-state index contributed by atoms with van der Waals surface area (Å²) in [6.07, 6.45) is 0.355. The van der Waals surface area contributed by atoms with E-state index in [-0.39, 0.29) is 11.1 Å². The Kier molecular flexibility index (Phi) is 1.73. The van der Waals surface area contributed by atoms with Crippen molar-refractivity contribution in [1.82, 2.24) is 0 Å². The van der Waals surface area contributed by atoms with Crippen LogP contribution in [0.15, 0.2) is 11.1 Å². The second kappa shape index (κ2) is 2.54. The van der Waals surface area contributed by atoms with Crippen LogP contribution >= 0.6 is 0 Å². The molecule has 0 spiro atoms. The Bertz CT molecular complexity index is 295. The molecule has 0 aromatic rings. The molecule has 4 heteroatoms. The summed E-state index contributed by atoms with van der Waals surface area (Å²) in [6, 6.07) is 1.63. The lowest BCUT2D eigenvalue weighted by Gasteiger charge is -1.87. The Labute approximate surface area is 63.1 Å². The van der Waals surface area contributed by atoms with Crippen molar-refractivity contribution in [3.63, 3.8) is 0 Å². The van der Waals surface area contributed by atoms with E-state index in [9.17, 15) is 9.59 Å². The molecule has 0 unspecified atom stereocenters. The number of ether oxygens (including phenoxy) is 1. The minimum atomic E-state index is -0.825. The molecule has 0 N–H and O–H groups in total. The maximum atomic E-state index is 10.7. The molecule has 56 valence electrons. The Morgan fingerprint density at radius 3 is 2.45 bits per heavy atom. The van der Waals surface area contributed by atoms with Crippen LogP contribution in [0.3, 0.4) is 0 Å². The van der Waals surface area contributed by atoms with Crippen LogP contribution < -0.4 is 0 Å². The van der Waals surface area contributed by atoms with E-state index in [1.165, 1.54) is 0 Å². The second-order valence-electron chi connectivity index (χ2n) is 2.00. The molecule has 1 rings (SSSR count). The van der Waals surface area contributed by atoms with Crippen molar-refractivity contribution < 1.29 is 14.3 Å². The predicted octanol–water partition coefficient (Wildman–Crippen LogP) is 0.300. The summed E-state index contributed by atoms with van der Waals surface area (Å²) in [4.78, 5) is 21.4. The molecule has 0 atom stereocenters. The SMILES string of the molecule is CCC1=C(C#N)C(=O)OC1=O. The van der Waals surface area contributed by atoms with Gasteiger partial charge < -0.3 is 4.74 Å². The number of carbonyl (C=O) groups is 2. The van der Waals surface area contributed by atoms with Crippen LogP contribution in [0.4, 0.5) is 0 Å². The average molecular weight is 151 g/mol. The van der Waals surface area contributed by atoms with E-state index in [0.29, 0.717) is 6.42 Å². The molecular weight excluding hydrogens is 146 g/mol. The molecule has 1 aliphatic rings. The molecule has 4 nitrogen and oxygen atoms in total. The van der Waals surface area contributed by atoms with E-state index >= 15 is 0 Å². The lowest BCUT2D eigenvalue weighted by Crippen LogP contribution is -2.01. The van der Waals surface area contributed by atoms with Crippen LogP contribution in [0, 0.1) is 11.3 Å². The van der Waals surface area contributed by atoms with Gasteiger partial charge in [-0.25, -0.2) is 9.59 Å². The zero-order valence-electron chi connectivity index (χ0n) is 5.88. The molecule has 11 heavy (non-hydrogen) atoms. The summed E-state index contributed by atoms with van der Waals surface area (Å²) in [6.45, 7) is 1.69. The van der Waals surface area contributed by atoms with Gasteiger partial charge in [-0.05, 0) is 6.42 Å². The largest absolute Gasteiger partial charge is 0.385 e. The summed E-state index contributed by atoms with van der Waals surface area (Å²) >= 11 is 0. The lowest BCUT2D eigenvalue weighted by molar-refractivity contribution is -0.150. The lowest BCUT2D eigenvalue weighted by atomic mass is 10.1.